The fourth-order valence-corrected chi connectivity index (χ4v) is 2.79. The molecule has 100 valence electrons. The fraction of sp³-hybridized carbons (Fsp3) is 0.571. The van der Waals surface area contributed by atoms with Crippen LogP contribution >= 0.6 is 15.9 Å². The molecule has 1 N–H and O–H groups in total. The number of benzene rings is 1. The molecule has 4 heteroatoms. The zero-order chi connectivity index (χ0) is 13.2. The molecule has 18 heavy (non-hydrogen) atoms. The van der Waals surface area contributed by atoms with Crippen LogP contribution in [0.3, 0.4) is 0 Å². The maximum absolute atomic E-state index is 13.7. The number of halogens is 2. The molecule has 2 nitrogen and oxygen atoms in total. The van der Waals surface area contributed by atoms with Gasteiger partial charge in [0.2, 0.25) is 0 Å². The molecule has 0 amide bonds. The maximum Gasteiger partial charge on any atom is 0.127 e. The maximum atomic E-state index is 13.7. The lowest BCUT2D eigenvalue weighted by Gasteiger charge is -2.22. The first-order valence-corrected chi connectivity index (χ1v) is 7.14. The normalized spacial score (nSPS) is 26.0. The quantitative estimate of drug-likeness (QED) is 0.905. The molecule has 1 aromatic carbocycles. The van der Waals surface area contributed by atoms with E-state index in [9.17, 15) is 9.50 Å². The van der Waals surface area contributed by atoms with Crippen LogP contribution in [0.1, 0.15) is 31.7 Å². The molecule has 0 bridgehead atoms. The first kappa shape index (κ1) is 14.0. The van der Waals surface area contributed by atoms with Gasteiger partial charge in [0.15, 0.2) is 0 Å². The highest BCUT2D eigenvalue weighted by Crippen LogP contribution is 2.23. The van der Waals surface area contributed by atoms with Crippen molar-refractivity contribution in [2.24, 2.45) is 0 Å². The SMILES string of the molecule is CC1(O)CCCN(Cc2cc(Br)ccc2F)CC1. The lowest BCUT2D eigenvalue weighted by atomic mass is 9.98. The summed E-state index contributed by atoms with van der Waals surface area (Å²) in [4.78, 5) is 2.21. The molecule has 0 aliphatic carbocycles. The molecule has 1 saturated heterocycles. The average Bonchev–Trinajstić information content (AvgIpc) is 2.46. The van der Waals surface area contributed by atoms with E-state index in [1.807, 2.05) is 13.0 Å². The Hall–Kier alpha value is -0.450. The van der Waals surface area contributed by atoms with E-state index in [4.69, 9.17) is 0 Å². The zero-order valence-corrected chi connectivity index (χ0v) is 12.2. The molecule has 0 radical (unpaired) electrons. The summed E-state index contributed by atoms with van der Waals surface area (Å²) in [5, 5.41) is 10.0. The van der Waals surface area contributed by atoms with Crippen molar-refractivity contribution in [3.63, 3.8) is 0 Å². The molecule has 2 rings (SSSR count). The highest BCUT2D eigenvalue weighted by atomic mass is 79.9. The van der Waals surface area contributed by atoms with Gasteiger partial charge < -0.3 is 5.11 Å². The lowest BCUT2D eigenvalue weighted by Crippen LogP contribution is -2.28. The topological polar surface area (TPSA) is 23.5 Å². The van der Waals surface area contributed by atoms with E-state index >= 15 is 0 Å². The van der Waals surface area contributed by atoms with Gasteiger partial charge in [0.1, 0.15) is 5.82 Å². The molecule has 1 heterocycles. The van der Waals surface area contributed by atoms with Crippen molar-refractivity contribution in [3.8, 4) is 0 Å². The van der Waals surface area contributed by atoms with Gasteiger partial charge in [-0.1, -0.05) is 15.9 Å². The number of hydrogen-bond donors (Lipinski definition) is 1. The summed E-state index contributed by atoms with van der Waals surface area (Å²) >= 11 is 3.37. The molecular weight excluding hydrogens is 297 g/mol. The summed E-state index contributed by atoms with van der Waals surface area (Å²) in [5.41, 5.74) is 0.149. The molecule has 1 fully saturated rings. The van der Waals surface area contributed by atoms with Crippen molar-refractivity contribution >= 4 is 15.9 Å². The van der Waals surface area contributed by atoms with Gasteiger partial charge in [-0.05, 0) is 50.9 Å². The number of hydrogen-bond acceptors (Lipinski definition) is 2. The summed E-state index contributed by atoms with van der Waals surface area (Å²) in [6.07, 6.45) is 2.54. The summed E-state index contributed by atoms with van der Waals surface area (Å²) in [6.45, 7) is 4.23. The van der Waals surface area contributed by atoms with Crippen molar-refractivity contribution in [1.82, 2.24) is 4.90 Å². The Balaban J connectivity index is 2.03. The van der Waals surface area contributed by atoms with Crippen LogP contribution in [0.4, 0.5) is 4.39 Å². The van der Waals surface area contributed by atoms with Crippen molar-refractivity contribution in [1.29, 1.82) is 0 Å². The second-order valence-corrected chi connectivity index (χ2v) is 6.28. The minimum atomic E-state index is -0.565. The van der Waals surface area contributed by atoms with E-state index in [2.05, 4.69) is 20.8 Å². The Bertz CT molecular complexity index is 422. The van der Waals surface area contributed by atoms with E-state index in [1.165, 1.54) is 6.07 Å². The third-order valence-corrected chi connectivity index (χ3v) is 4.05. The highest BCUT2D eigenvalue weighted by molar-refractivity contribution is 9.10. The molecule has 1 aliphatic rings. The minimum absolute atomic E-state index is 0.158. The molecule has 1 atom stereocenters. The van der Waals surface area contributed by atoms with Crippen LogP contribution in [0.15, 0.2) is 22.7 Å². The second-order valence-electron chi connectivity index (χ2n) is 5.36. The Morgan fingerprint density at radius 2 is 2.17 bits per heavy atom. The number of aliphatic hydroxyl groups is 1. The first-order valence-electron chi connectivity index (χ1n) is 6.35. The summed E-state index contributed by atoms with van der Waals surface area (Å²) in [6, 6.07) is 5.04. The molecule has 0 saturated carbocycles. The minimum Gasteiger partial charge on any atom is -0.390 e. The Morgan fingerprint density at radius 1 is 1.39 bits per heavy atom. The van der Waals surface area contributed by atoms with Crippen LogP contribution in [0, 0.1) is 5.82 Å². The smallest absolute Gasteiger partial charge is 0.127 e. The fourth-order valence-electron chi connectivity index (χ4n) is 2.38. The van der Waals surface area contributed by atoms with E-state index in [0.717, 1.165) is 36.8 Å². The summed E-state index contributed by atoms with van der Waals surface area (Å²) < 4.78 is 14.6. The van der Waals surface area contributed by atoms with Gasteiger partial charge in [0, 0.05) is 23.1 Å². The van der Waals surface area contributed by atoms with Crippen LogP contribution in [0.25, 0.3) is 0 Å². The average molecular weight is 316 g/mol. The van der Waals surface area contributed by atoms with Gasteiger partial charge >= 0.3 is 0 Å². The van der Waals surface area contributed by atoms with Gasteiger partial charge in [-0.2, -0.15) is 0 Å². The molecular formula is C14H19BrFNO. The van der Waals surface area contributed by atoms with Crippen molar-refractivity contribution in [2.45, 2.75) is 38.3 Å². The van der Waals surface area contributed by atoms with E-state index in [-0.39, 0.29) is 5.82 Å². The Morgan fingerprint density at radius 3 is 2.94 bits per heavy atom. The van der Waals surface area contributed by atoms with Gasteiger partial charge in [0.25, 0.3) is 0 Å². The lowest BCUT2D eigenvalue weighted by molar-refractivity contribution is 0.0444. The number of likely N-dealkylation sites (tertiary alicyclic amines) is 1. The third kappa shape index (κ3) is 3.77. The summed E-state index contributed by atoms with van der Waals surface area (Å²) in [5.74, 6) is -0.158. The van der Waals surface area contributed by atoms with E-state index in [0.29, 0.717) is 12.1 Å². The predicted octanol–water partition coefficient (Wildman–Crippen LogP) is 3.33. The first-order chi connectivity index (χ1) is 8.46. The Kier molecular flexibility index (Phi) is 4.41. The number of nitrogens with zero attached hydrogens (tertiary/aromatic N) is 1. The molecule has 1 unspecified atom stereocenters. The molecule has 1 aromatic rings. The predicted molar refractivity (Wildman–Crippen MR) is 73.9 cm³/mol. The van der Waals surface area contributed by atoms with Gasteiger partial charge in [-0.25, -0.2) is 4.39 Å². The van der Waals surface area contributed by atoms with Crippen molar-refractivity contribution in [3.05, 3.63) is 34.1 Å². The van der Waals surface area contributed by atoms with Crippen LogP contribution in [0.5, 0.6) is 0 Å². The van der Waals surface area contributed by atoms with Crippen LogP contribution in [0.2, 0.25) is 0 Å². The van der Waals surface area contributed by atoms with Crippen LogP contribution in [-0.4, -0.2) is 28.7 Å². The second kappa shape index (κ2) is 5.68. The molecule has 1 aliphatic heterocycles. The van der Waals surface area contributed by atoms with Gasteiger partial charge in [0.05, 0.1) is 5.60 Å². The molecule has 0 spiro atoms. The van der Waals surface area contributed by atoms with Crippen LogP contribution < -0.4 is 0 Å². The summed E-state index contributed by atoms with van der Waals surface area (Å²) in [7, 11) is 0. The number of rotatable bonds is 2. The third-order valence-electron chi connectivity index (χ3n) is 3.56. The molecule has 0 aromatic heterocycles. The zero-order valence-electron chi connectivity index (χ0n) is 10.6. The van der Waals surface area contributed by atoms with Crippen molar-refractivity contribution in [2.75, 3.05) is 13.1 Å². The monoisotopic (exact) mass is 315 g/mol. The largest absolute Gasteiger partial charge is 0.390 e. The van der Waals surface area contributed by atoms with Gasteiger partial charge in [-0.15, -0.1) is 0 Å². The highest BCUT2D eigenvalue weighted by Gasteiger charge is 2.25. The van der Waals surface area contributed by atoms with Crippen molar-refractivity contribution < 1.29 is 9.50 Å². The van der Waals surface area contributed by atoms with E-state index < -0.39 is 5.60 Å². The van der Waals surface area contributed by atoms with E-state index in [1.54, 1.807) is 6.07 Å². The standard InChI is InChI=1S/C14H19BrFNO/c1-14(18)5-2-7-17(8-6-14)10-11-9-12(15)3-4-13(11)16/h3-4,9,18H,2,5-8,10H2,1H3. The Labute approximate surface area is 116 Å². The van der Waals surface area contributed by atoms with Gasteiger partial charge in [-0.3, -0.25) is 4.90 Å². The van der Waals surface area contributed by atoms with Crippen LogP contribution in [-0.2, 0) is 6.54 Å².